The molecule has 1 amide bonds. The molecule has 0 bridgehead atoms. The lowest BCUT2D eigenvalue weighted by molar-refractivity contribution is 0.0633. The lowest BCUT2D eigenvalue weighted by atomic mass is 9.85. The molecule has 3 fully saturated rings. The van der Waals surface area contributed by atoms with Gasteiger partial charge in [-0.2, -0.15) is 0 Å². The normalized spacial score (nSPS) is 27.4. The number of nitrogens with zero attached hydrogens (tertiary/aromatic N) is 2. The molecule has 5 heteroatoms. The molecule has 126 valence electrons. The number of rotatable bonds is 5. The van der Waals surface area contributed by atoms with Gasteiger partial charge in [0.1, 0.15) is 5.76 Å². The van der Waals surface area contributed by atoms with Crippen molar-refractivity contribution in [2.45, 2.75) is 69.9 Å². The molecule has 0 aromatic carbocycles. The van der Waals surface area contributed by atoms with Gasteiger partial charge in [0, 0.05) is 30.6 Å². The summed E-state index contributed by atoms with van der Waals surface area (Å²) in [5.41, 5.74) is 0.436. The Morgan fingerprint density at radius 2 is 2.13 bits per heavy atom. The van der Waals surface area contributed by atoms with Crippen molar-refractivity contribution >= 4 is 5.91 Å². The van der Waals surface area contributed by atoms with Crippen LogP contribution in [0.5, 0.6) is 0 Å². The summed E-state index contributed by atoms with van der Waals surface area (Å²) in [7, 11) is 0. The maximum atomic E-state index is 12.4. The Morgan fingerprint density at radius 1 is 1.30 bits per heavy atom. The molecule has 1 N–H and O–H groups in total. The number of piperidine rings is 1. The van der Waals surface area contributed by atoms with Gasteiger partial charge in [0.25, 0.3) is 5.91 Å². The molecule has 2 saturated carbocycles. The van der Waals surface area contributed by atoms with Crippen molar-refractivity contribution in [3.63, 3.8) is 0 Å². The minimum Gasteiger partial charge on any atom is -0.360 e. The standard InChI is InChI=1S/C18H27N3O2/c1-12(14-4-3-9-21(11-14)15-5-2-6-15)19-18(22)16-10-17(23-20-16)13-7-8-13/h10,12-15H,2-9,11H2,1H3,(H,19,22). The summed E-state index contributed by atoms with van der Waals surface area (Å²) in [6.07, 6.45) is 8.87. The van der Waals surface area contributed by atoms with Crippen molar-refractivity contribution in [3.05, 3.63) is 17.5 Å². The summed E-state index contributed by atoms with van der Waals surface area (Å²) in [5, 5.41) is 7.09. The first-order valence-electron chi connectivity index (χ1n) is 9.22. The molecule has 2 aliphatic carbocycles. The van der Waals surface area contributed by atoms with E-state index in [0.717, 1.165) is 31.2 Å². The summed E-state index contributed by atoms with van der Waals surface area (Å²) in [6.45, 7) is 4.49. The highest BCUT2D eigenvalue weighted by Gasteiger charge is 2.33. The molecule has 1 saturated heterocycles. The van der Waals surface area contributed by atoms with E-state index in [1.54, 1.807) is 0 Å². The molecule has 0 spiro atoms. The molecule has 23 heavy (non-hydrogen) atoms. The summed E-state index contributed by atoms with van der Waals surface area (Å²) in [5.74, 6) is 1.82. The molecule has 0 radical (unpaired) electrons. The van der Waals surface area contributed by atoms with Gasteiger partial charge in [-0.3, -0.25) is 4.79 Å². The molecule has 2 unspecified atom stereocenters. The van der Waals surface area contributed by atoms with Crippen molar-refractivity contribution in [2.24, 2.45) is 5.92 Å². The Balaban J connectivity index is 1.32. The fourth-order valence-electron chi connectivity index (χ4n) is 3.89. The van der Waals surface area contributed by atoms with Crippen LogP contribution in [0.3, 0.4) is 0 Å². The van der Waals surface area contributed by atoms with Crippen LogP contribution >= 0.6 is 0 Å². The van der Waals surface area contributed by atoms with Crippen LogP contribution in [-0.4, -0.2) is 41.1 Å². The number of nitrogens with one attached hydrogen (secondary N) is 1. The zero-order valence-electron chi connectivity index (χ0n) is 14.0. The molecule has 3 aliphatic rings. The van der Waals surface area contributed by atoms with Gasteiger partial charge in [0.2, 0.25) is 0 Å². The predicted octanol–water partition coefficient (Wildman–Crippen LogP) is 2.93. The second kappa shape index (κ2) is 6.27. The van der Waals surface area contributed by atoms with Crippen LogP contribution in [0.25, 0.3) is 0 Å². The Kier molecular flexibility index (Phi) is 4.14. The van der Waals surface area contributed by atoms with Crippen LogP contribution in [0.2, 0.25) is 0 Å². The quantitative estimate of drug-likeness (QED) is 0.907. The van der Waals surface area contributed by atoms with Crippen molar-refractivity contribution in [1.29, 1.82) is 0 Å². The third-order valence-corrected chi connectivity index (χ3v) is 5.89. The van der Waals surface area contributed by atoms with Crippen molar-refractivity contribution < 1.29 is 9.32 Å². The largest absolute Gasteiger partial charge is 0.360 e. The van der Waals surface area contributed by atoms with Gasteiger partial charge < -0.3 is 14.7 Å². The average Bonchev–Trinajstić information content (AvgIpc) is 3.23. The molecule has 1 aromatic rings. The number of hydrogen-bond acceptors (Lipinski definition) is 4. The van der Waals surface area contributed by atoms with E-state index in [4.69, 9.17) is 4.52 Å². The Hall–Kier alpha value is -1.36. The van der Waals surface area contributed by atoms with E-state index < -0.39 is 0 Å². The number of carbonyl (C=O) groups excluding carboxylic acids is 1. The van der Waals surface area contributed by atoms with Crippen LogP contribution in [0.4, 0.5) is 0 Å². The SMILES string of the molecule is CC(NC(=O)c1cc(C2CC2)on1)C1CCCN(C2CCC2)C1. The number of likely N-dealkylation sites (tertiary alicyclic amines) is 1. The van der Waals surface area contributed by atoms with E-state index in [9.17, 15) is 4.79 Å². The van der Waals surface area contributed by atoms with Gasteiger partial charge in [-0.25, -0.2) is 0 Å². The van der Waals surface area contributed by atoms with Gasteiger partial charge in [-0.15, -0.1) is 0 Å². The monoisotopic (exact) mass is 317 g/mol. The number of amides is 1. The van der Waals surface area contributed by atoms with Gasteiger partial charge in [0.05, 0.1) is 0 Å². The van der Waals surface area contributed by atoms with Crippen LogP contribution in [0.15, 0.2) is 10.6 Å². The van der Waals surface area contributed by atoms with Gasteiger partial charge in [-0.1, -0.05) is 11.6 Å². The molecular weight excluding hydrogens is 290 g/mol. The summed E-state index contributed by atoms with van der Waals surface area (Å²) in [4.78, 5) is 15.0. The summed E-state index contributed by atoms with van der Waals surface area (Å²) in [6, 6.07) is 2.81. The molecule has 2 atom stereocenters. The number of carbonyl (C=O) groups is 1. The van der Waals surface area contributed by atoms with E-state index in [0.29, 0.717) is 17.5 Å². The van der Waals surface area contributed by atoms with Crippen LogP contribution in [0, 0.1) is 5.92 Å². The van der Waals surface area contributed by atoms with Crippen LogP contribution in [0.1, 0.15) is 74.0 Å². The third-order valence-electron chi connectivity index (χ3n) is 5.89. The van der Waals surface area contributed by atoms with E-state index in [1.165, 1.54) is 38.6 Å². The smallest absolute Gasteiger partial charge is 0.273 e. The zero-order chi connectivity index (χ0) is 15.8. The summed E-state index contributed by atoms with van der Waals surface area (Å²) >= 11 is 0. The molecular formula is C18H27N3O2. The lowest BCUT2D eigenvalue weighted by Crippen LogP contribution is -2.50. The maximum Gasteiger partial charge on any atom is 0.273 e. The topological polar surface area (TPSA) is 58.4 Å². The van der Waals surface area contributed by atoms with Crippen molar-refractivity contribution in [3.8, 4) is 0 Å². The first kappa shape index (κ1) is 15.2. The molecule has 5 nitrogen and oxygen atoms in total. The molecule has 2 heterocycles. The highest BCUT2D eigenvalue weighted by Crippen LogP contribution is 2.40. The fraction of sp³-hybridized carbons (Fsp3) is 0.778. The summed E-state index contributed by atoms with van der Waals surface area (Å²) < 4.78 is 5.29. The minimum absolute atomic E-state index is 0.0890. The van der Waals surface area contributed by atoms with Gasteiger partial charge in [0.15, 0.2) is 5.69 Å². The van der Waals surface area contributed by atoms with E-state index in [-0.39, 0.29) is 11.9 Å². The highest BCUT2D eigenvalue weighted by atomic mass is 16.5. The average molecular weight is 317 g/mol. The fourth-order valence-corrected chi connectivity index (χ4v) is 3.89. The second-order valence-corrected chi connectivity index (χ2v) is 7.63. The first-order valence-corrected chi connectivity index (χ1v) is 9.22. The van der Waals surface area contributed by atoms with Gasteiger partial charge >= 0.3 is 0 Å². The number of aromatic nitrogens is 1. The van der Waals surface area contributed by atoms with Gasteiger partial charge in [-0.05, 0) is 57.9 Å². The highest BCUT2D eigenvalue weighted by molar-refractivity contribution is 5.92. The van der Waals surface area contributed by atoms with Crippen LogP contribution < -0.4 is 5.32 Å². The Labute approximate surface area is 137 Å². The van der Waals surface area contributed by atoms with E-state index >= 15 is 0 Å². The predicted molar refractivity (Wildman–Crippen MR) is 87.3 cm³/mol. The van der Waals surface area contributed by atoms with E-state index in [2.05, 4.69) is 22.3 Å². The Morgan fingerprint density at radius 3 is 2.83 bits per heavy atom. The minimum atomic E-state index is -0.0890. The molecule has 1 aliphatic heterocycles. The first-order chi connectivity index (χ1) is 11.2. The van der Waals surface area contributed by atoms with E-state index in [1.807, 2.05) is 6.07 Å². The van der Waals surface area contributed by atoms with Crippen molar-refractivity contribution in [1.82, 2.24) is 15.4 Å². The van der Waals surface area contributed by atoms with Crippen molar-refractivity contribution in [2.75, 3.05) is 13.1 Å². The Bertz CT molecular complexity index is 562. The number of hydrogen-bond donors (Lipinski definition) is 1. The maximum absolute atomic E-state index is 12.4. The third kappa shape index (κ3) is 3.30. The molecule has 1 aromatic heterocycles. The lowest BCUT2D eigenvalue weighted by Gasteiger charge is -2.43. The second-order valence-electron chi connectivity index (χ2n) is 7.63. The molecule has 4 rings (SSSR count). The zero-order valence-corrected chi connectivity index (χ0v) is 14.0. The van der Waals surface area contributed by atoms with Crippen LogP contribution in [-0.2, 0) is 0 Å².